The molecule has 0 aromatic carbocycles. The second-order valence-electron chi connectivity index (χ2n) is 4.36. The summed E-state index contributed by atoms with van der Waals surface area (Å²) >= 11 is 5.02. The summed E-state index contributed by atoms with van der Waals surface area (Å²) in [5, 5.41) is 6.36. The SMILES string of the molecule is COCCNC(=S)NCC(C)(C)NS(C)(=O)=O. The van der Waals surface area contributed by atoms with Crippen molar-refractivity contribution >= 4 is 27.4 Å². The van der Waals surface area contributed by atoms with Crippen LogP contribution in [0, 0.1) is 0 Å². The van der Waals surface area contributed by atoms with Crippen LogP contribution in [0.5, 0.6) is 0 Å². The minimum atomic E-state index is -3.22. The molecule has 0 bridgehead atoms. The highest BCUT2D eigenvalue weighted by atomic mass is 32.2. The largest absolute Gasteiger partial charge is 0.383 e. The van der Waals surface area contributed by atoms with E-state index in [1.54, 1.807) is 21.0 Å². The summed E-state index contributed by atoms with van der Waals surface area (Å²) in [7, 11) is -1.62. The number of hydrogen-bond donors (Lipinski definition) is 3. The molecule has 0 aliphatic rings. The van der Waals surface area contributed by atoms with E-state index in [4.69, 9.17) is 17.0 Å². The number of hydrogen-bond acceptors (Lipinski definition) is 4. The molecule has 0 unspecified atom stereocenters. The number of sulfonamides is 1. The van der Waals surface area contributed by atoms with Crippen LogP contribution in [0.3, 0.4) is 0 Å². The van der Waals surface area contributed by atoms with E-state index < -0.39 is 15.6 Å². The van der Waals surface area contributed by atoms with Crippen molar-refractivity contribution in [2.24, 2.45) is 0 Å². The molecule has 3 N–H and O–H groups in total. The van der Waals surface area contributed by atoms with Crippen molar-refractivity contribution in [3.8, 4) is 0 Å². The lowest BCUT2D eigenvalue weighted by Crippen LogP contribution is -2.52. The van der Waals surface area contributed by atoms with Gasteiger partial charge >= 0.3 is 0 Å². The van der Waals surface area contributed by atoms with Crippen molar-refractivity contribution < 1.29 is 13.2 Å². The van der Waals surface area contributed by atoms with Crippen molar-refractivity contribution in [2.45, 2.75) is 19.4 Å². The average Bonchev–Trinajstić information content (AvgIpc) is 2.12. The third-order valence-corrected chi connectivity index (χ3v) is 2.96. The standard InChI is InChI=1S/C9H21N3O3S2/c1-9(2,12-17(4,13)14)7-11-8(16)10-5-6-15-3/h12H,5-7H2,1-4H3,(H2,10,11,16). The second-order valence-corrected chi connectivity index (χ2v) is 6.52. The molecule has 0 heterocycles. The topological polar surface area (TPSA) is 79.5 Å². The van der Waals surface area contributed by atoms with Crippen molar-refractivity contribution in [2.75, 3.05) is 33.1 Å². The fourth-order valence-corrected chi connectivity index (χ4v) is 2.42. The Labute approximate surface area is 109 Å². The molecule has 0 aliphatic heterocycles. The van der Waals surface area contributed by atoms with E-state index in [0.29, 0.717) is 24.8 Å². The lowest BCUT2D eigenvalue weighted by atomic mass is 10.1. The Hall–Kier alpha value is -0.440. The van der Waals surface area contributed by atoms with Crippen LogP contribution in [0.1, 0.15) is 13.8 Å². The highest BCUT2D eigenvalue weighted by molar-refractivity contribution is 7.88. The highest BCUT2D eigenvalue weighted by Gasteiger charge is 2.21. The Morgan fingerprint density at radius 1 is 1.35 bits per heavy atom. The summed E-state index contributed by atoms with van der Waals surface area (Å²) < 4.78 is 29.6. The van der Waals surface area contributed by atoms with Crippen molar-refractivity contribution in [3.05, 3.63) is 0 Å². The maximum absolute atomic E-state index is 11.1. The molecule has 8 heteroatoms. The molecule has 0 rings (SSSR count). The van der Waals surface area contributed by atoms with Crippen LogP contribution in [-0.2, 0) is 14.8 Å². The summed E-state index contributed by atoms with van der Waals surface area (Å²) in [4.78, 5) is 0. The quantitative estimate of drug-likeness (QED) is 0.429. The van der Waals surface area contributed by atoms with Crippen LogP contribution in [0.25, 0.3) is 0 Å². The third kappa shape index (κ3) is 10.4. The van der Waals surface area contributed by atoms with Crippen LogP contribution in [0.15, 0.2) is 0 Å². The van der Waals surface area contributed by atoms with E-state index in [-0.39, 0.29) is 0 Å². The molecule has 102 valence electrons. The van der Waals surface area contributed by atoms with Gasteiger partial charge in [-0.25, -0.2) is 13.1 Å². The van der Waals surface area contributed by atoms with E-state index >= 15 is 0 Å². The maximum Gasteiger partial charge on any atom is 0.209 e. The van der Waals surface area contributed by atoms with Crippen LogP contribution in [-0.4, -0.2) is 52.1 Å². The first-order valence-electron chi connectivity index (χ1n) is 5.16. The summed E-state index contributed by atoms with van der Waals surface area (Å²) in [6.45, 7) is 5.13. The van der Waals surface area contributed by atoms with E-state index in [0.717, 1.165) is 6.26 Å². The van der Waals surface area contributed by atoms with Gasteiger partial charge in [0.2, 0.25) is 10.0 Å². The van der Waals surface area contributed by atoms with Crippen LogP contribution < -0.4 is 15.4 Å². The second kappa shape index (κ2) is 7.10. The van der Waals surface area contributed by atoms with Crippen molar-refractivity contribution in [3.63, 3.8) is 0 Å². The zero-order chi connectivity index (χ0) is 13.5. The normalized spacial score (nSPS) is 12.2. The van der Waals surface area contributed by atoms with Gasteiger partial charge in [-0.3, -0.25) is 0 Å². The minimum absolute atomic E-state index is 0.402. The third-order valence-electron chi connectivity index (χ3n) is 1.74. The Bertz CT molecular complexity index is 341. The smallest absolute Gasteiger partial charge is 0.209 e. The van der Waals surface area contributed by atoms with Gasteiger partial charge in [-0.05, 0) is 26.1 Å². The molecule has 0 radical (unpaired) electrons. The number of ether oxygens (including phenoxy) is 1. The van der Waals surface area contributed by atoms with Crippen LogP contribution in [0.4, 0.5) is 0 Å². The number of rotatable bonds is 7. The molecule has 0 atom stereocenters. The summed E-state index contributed by atoms with van der Waals surface area (Å²) in [5.74, 6) is 0. The summed E-state index contributed by atoms with van der Waals surface area (Å²) in [6, 6.07) is 0. The van der Waals surface area contributed by atoms with E-state index in [9.17, 15) is 8.42 Å². The molecule has 0 amide bonds. The van der Waals surface area contributed by atoms with Gasteiger partial charge in [0.05, 0.1) is 12.9 Å². The summed E-state index contributed by atoms with van der Waals surface area (Å²) in [5.41, 5.74) is -0.597. The fraction of sp³-hybridized carbons (Fsp3) is 0.889. The lowest BCUT2D eigenvalue weighted by molar-refractivity contribution is 0.204. The Balaban J connectivity index is 3.97. The van der Waals surface area contributed by atoms with Crippen molar-refractivity contribution in [1.82, 2.24) is 15.4 Å². The Morgan fingerprint density at radius 3 is 2.41 bits per heavy atom. The first-order valence-corrected chi connectivity index (χ1v) is 7.46. The van der Waals surface area contributed by atoms with E-state index in [1.807, 2.05) is 0 Å². The highest BCUT2D eigenvalue weighted by Crippen LogP contribution is 2.01. The predicted molar refractivity (Wildman–Crippen MR) is 72.5 cm³/mol. The van der Waals surface area contributed by atoms with Crippen LogP contribution >= 0.6 is 12.2 Å². The molecule has 0 fully saturated rings. The van der Waals surface area contributed by atoms with Gasteiger partial charge in [-0.1, -0.05) is 0 Å². The van der Waals surface area contributed by atoms with Gasteiger partial charge in [0.1, 0.15) is 0 Å². The molecule has 0 saturated heterocycles. The van der Waals surface area contributed by atoms with Crippen molar-refractivity contribution in [1.29, 1.82) is 0 Å². The number of thiocarbonyl (C=S) groups is 1. The molecular weight excluding hydrogens is 262 g/mol. The molecule has 0 aromatic heterocycles. The monoisotopic (exact) mass is 283 g/mol. The van der Waals surface area contributed by atoms with Gasteiger partial charge in [-0.15, -0.1) is 0 Å². The Morgan fingerprint density at radius 2 is 1.94 bits per heavy atom. The van der Waals surface area contributed by atoms with Gasteiger partial charge < -0.3 is 15.4 Å². The zero-order valence-electron chi connectivity index (χ0n) is 10.7. The van der Waals surface area contributed by atoms with E-state index in [1.165, 1.54) is 0 Å². The average molecular weight is 283 g/mol. The zero-order valence-corrected chi connectivity index (χ0v) is 12.3. The van der Waals surface area contributed by atoms with Gasteiger partial charge in [0.25, 0.3) is 0 Å². The molecule has 17 heavy (non-hydrogen) atoms. The summed E-state index contributed by atoms with van der Waals surface area (Å²) in [6.07, 6.45) is 1.13. The molecule has 6 nitrogen and oxygen atoms in total. The predicted octanol–water partition coefficient (Wildman–Crippen LogP) is -0.575. The molecule has 0 aliphatic carbocycles. The van der Waals surface area contributed by atoms with Gasteiger partial charge in [0, 0.05) is 25.7 Å². The van der Waals surface area contributed by atoms with Gasteiger partial charge in [0.15, 0.2) is 5.11 Å². The Kier molecular flexibility index (Phi) is 6.91. The number of nitrogens with one attached hydrogen (secondary N) is 3. The first kappa shape index (κ1) is 16.6. The van der Waals surface area contributed by atoms with E-state index in [2.05, 4.69) is 15.4 Å². The molecule has 0 saturated carbocycles. The molecule has 0 spiro atoms. The molecule has 0 aromatic rings. The number of methoxy groups -OCH3 is 1. The maximum atomic E-state index is 11.1. The molecular formula is C9H21N3O3S2. The fourth-order valence-electron chi connectivity index (χ4n) is 1.17. The van der Waals surface area contributed by atoms with Gasteiger partial charge in [-0.2, -0.15) is 0 Å². The minimum Gasteiger partial charge on any atom is -0.383 e. The van der Waals surface area contributed by atoms with Crippen LogP contribution in [0.2, 0.25) is 0 Å². The first-order chi connectivity index (χ1) is 7.66. The lowest BCUT2D eigenvalue weighted by Gasteiger charge is -2.26.